The quantitative estimate of drug-likeness (QED) is 0.882. The molecule has 106 valence electrons. The minimum Gasteiger partial charge on any atom is -0.444 e. The van der Waals surface area contributed by atoms with Crippen molar-refractivity contribution in [2.45, 2.75) is 58.3 Å². The summed E-state index contributed by atoms with van der Waals surface area (Å²) in [5.41, 5.74) is 0.171. The van der Waals surface area contributed by atoms with Crippen LogP contribution in [0.25, 0.3) is 0 Å². The van der Waals surface area contributed by atoms with Crippen LogP contribution in [0.5, 0.6) is 0 Å². The molecule has 0 aliphatic heterocycles. The van der Waals surface area contributed by atoms with Crippen LogP contribution in [0.2, 0.25) is 0 Å². The highest BCUT2D eigenvalue weighted by Gasteiger charge is 2.29. The van der Waals surface area contributed by atoms with Crippen LogP contribution in [0, 0.1) is 0 Å². The normalized spacial score (nSPS) is 17.1. The molecule has 1 aromatic heterocycles. The van der Waals surface area contributed by atoms with Gasteiger partial charge < -0.3 is 9.84 Å². The topological polar surface area (TPSA) is 76.4 Å². The second-order valence-corrected chi connectivity index (χ2v) is 5.93. The summed E-state index contributed by atoms with van der Waals surface area (Å²) in [6.07, 6.45) is 0.980. The molecule has 19 heavy (non-hydrogen) atoms. The van der Waals surface area contributed by atoms with Crippen molar-refractivity contribution >= 4 is 11.9 Å². The van der Waals surface area contributed by atoms with Crippen molar-refractivity contribution in [1.29, 1.82) is 0 Å². The Morgan fingerprint density at radius 3 is 2.68 bits per heavy atom. The van der Waals surface area contributed by atoms with Gasteiger partial charge in [-0.1, -0.05) is 0 Å². The highest BCUT2D eigenvalue weighted by atomic mass is 16.6. The average molecular weight is 267 g/mol. The predicted octanol–water partition coefficient (Wildman–Crippen LogP) is 2.62. The van der Waals surface area contributed by atoms with E-state index in [0.29, 0.717) is 17.6 Å². The summed E-state index contributed by atoms with van der Waals surface area (Å²) in [6, 6.07) is 2.03. The number of aliphatic hydroxyl groups is 1. The molecule has 1 unspecified atom stereocenters. The third kappa shape index (κ3) is 3.70. The standard InChI is InChI=1S/C13H21N3O3/c1-8(17)10-7-11(15-16(10)9-5-6-9)14-12(18)19-13(2,3)4/h7-9,17H,5-6H2,1-4H3,(H,14,15,18). The van der Waals surface area contributed by atoms with Crippen LogP contribution in [-0.2, 0) is 4.74 Å². The van der Waals surface area contributed by atoms with E-state index < -0.39 is 17.8 Å². The number of aromatic nitrogens is 2. The summed E-state index contributed by atoms with van der Waals surface area (Å²) in [6.45, 7) is 7.09. The average Bonchev–Trinajstić information content (AvgIpc) is 2.97. The summed E-state index contributed by atoms with van der Waals surface area (Å²) >= 11 is 0. The maximum absolute atomic E-state index is 11.7. The molecule has 2 rings (SSSR count). The largest absolute Gasteiger partial charge is 0.444 e. The third-order valence-corrected chi connectivity index (χ3v) is 2.71. The van der Waals surface area contributed by atoms with Crippen LogP contribution in [-0.4, -0.2) is 26.6 Å². The Hall–Kier alpha value is -1.56. The number of amides is 1. The lowest BCUT2D eigenvalue weighted by atomic mass is 10.2. The van der Waals surface area contributed by atoms with Crippen LogP contribution in [0.1, 0.15) is 58.4 Å². The second kappa shape index (κ2) is 4.85. The zero-order chi connectivity index (χ0) is 14.2. The minimum absolute atomic E-state index is 0.346. The van der Waals surface area contributed by atoms with Gasteiger partial charge in [0.1, 0.15) is 5.60 Å². The summed E-state index contributed by atoms with van der Waals surface area (Å²) in [4.78, 5) is 11.7. The van der Waals surface area contributed by atoms with Crippen molar-refractivity contribution in [3.8, 4) is 0 Å². The molecule has 0 saturated heterocycles. The third-order valence-electron chi connectivity index (χ3n) is 2.71. The number of carbonyl (C=O) groups excluding carboxylic acids is 1. The zero-order valence-corrected chi connectivity index (χ0v) is 11.8. The van der Waals surface area contributed by atoms with E-state index in [0.717, 1.165) is 12.8 Å². The summed E-state index contributed by atoms with van der Waals surface area (Å²) in [7, 11) is 0. The monoisotopic (exact) mass is 267 g/mol. The van der Waals surface area contributed by atoms with Crippen LogP contribution in [0.3, 0.4) is 0 Å². The smallest absolute Gasteiger partial charge is 0.413 e. The molecule has 0 aromatic carbocycles. The summed E-state index contributed by atoms with van der Waals surface area (Å²) in [5, 5.41) is 16.6. The first-order valence-corrected chi connectivity index (χ1v) is 6.54. The fourth-order valence-corrected chi connectivity index (χ4v) is 1.80. The first kappa shape index (κ1) is 13.9. The molecule has 1 amide bonds. The molecular formula is C13H21N3O3. The van der Waals surface area contributed by atoms with Gasteiger partial charge in [0, 0.05) is 6.07 Å². The van der Waals surface area contributed by atoms with Crippen LogP contribution < -0.4 is 5.32 Å². The number of rotatable bonds is 3. The van der Waals surface area contributed by atoms with Crippen molar-refractivity contribution < 1.29 is 14.6 Å². The summed E-state index contributed by atoms with van der Waals surface area (Å²) in [5.74, 6) is 0.414. The van der Waals surface area contributed by atoms with Gasteiger partial charge in [-0.2, -0.15) is 5.10 Å². The van der Waals surface area contributed by atoms with Gasteiger partial charge in [-0.3, -0.25) is 10.00 Å². The van der Waals surface area contributed by atoms with Gasteiger partial charge in [-0.15, -0.1) is 0 Å². The highest BCUT2D eigenvalue weighted by Crippen LogP contribution is 2.37. The Kier molecular flexibility index (Phi) is 3.54. The van der Waals surface area contributed by atoms with Crippen LogP contribution in [0.15, 0.2) is 6.07 Å². The molecule has 1 saturated carbocycles. The molecule has 0 radical (unpaired) electrons. The maximum atomic E-state index is 11.7. The van der Waals surface area contributed by atoms with E-state index in [1.807, 2.05) is 0 Å². The number of nitrogens with one attached hydrogen (secondary N) is 1. The number of aliphatic hydroxyl groups excluding tert-OH is 1. The van der Waals surface area contributed by atoms with Crippen LogP contribution >= 0.6 is 0 Å². The van der Waals surface area contributed by atoms with Gasteiger partial charge >= 0.3 is 6.09 Å². The number of anilines is 1. The lowest BCUT2D eigenvalue weighted by molar-refractivity contribution is 0.0635. The Balaban J connectivity index is 2.08. The Labute approximate surface area is 112 Å². The zero-order valence-electron chi connectivity index (χ0n) is 11.8. The van der Waals surface area contributed by atoms with Gasteiger partial charge in [-0.25, -0.2) is 4.79 Å². The fraction of sp³-hybridized carbons (Fsp3) is 0.692. The summed E-state index contributed by atoms with van der Waals surface area (Å²) < 4.78 is 6.95. The number of hydrogen-bond donors (Lipinski definition) is 2. The number of hydrogen-bond acceptors (Lipinski definition) is 4. The molecule has 2 N–H and O–H groups in total. The Morgan fingerprint density at radius 1 is 1.58 bits per heavy atom. The van der Waals surface area contributed by atoms with Crippen LogP contribution in [0.4, 0.5) is 10.6 Å². The lowest BCUT2D eigenvalue weighted by Gasteiger charge is -2.19. The number of ether oxygens (including phenoxy) is 1. The van der Waals surface area contributed by atoms with E-state index in [1.54, 1.807) is 38.4 Å². The molecule has 6 nitrogen and oxygen atoms in total. The van der Waals surface area contributed by atoms with Gasteiger partial charge in [0.25, 0.3) is 0 Å². The van der Waals surface area contributed by atoms with Gasteiger partial charge in [0.2, 0.25) is 0 Å². The van der Waals surface area contributed by atoms with Gasteiger partial charge in [0.15, 0.2) is 5.82 Å². The van der Waals surface area contributed by atoms with Crippen molar-refractivity contribution in [2.75, 3.05) is 5.32 Å². The molecule has 1 atom stereocenters. The van der Waals surface area contributed by atoms with E-state index in [9.17, 15) is 9.90 Å². The first-order valence-electron chi connectivity index (χ1n) is 6.54. The molecule has 0 bridgehead atoms. The lowest BCUT2D eigenvalue weighted by Crippen LogP contribution is -2.27. The SMILES string of the molecule is CC(O)c1cc(NC(=O)OC(C)(C)C)nn1C1CC1. The predicted molar refractivity (Wildman–Crippen MR) is 71.0 cm³/mol. The van der Waals surface area contributed by atoms with Crippen molar-refractivity contribution in [1.82, 2.24) is 9.78 Å². The van der Waals surface area contributed by atoms with Crippen molar-refractivity contribution in [3.63, 3.8) is 0 Å². The molecule has 1 heterocycles. The molecule has 1 aliphatic rings. The minimum atomic E-state index is -0.609. The maximum Gasteiger partial charge on any atom is 0.413 e. The molecular weight excluding hydrogens is 246 g/mol. The van der Waals surface area contributed by atoms with E-state index in [-0.39, 0.29) is 0 Å². The van der Waals surface area contributed by atoms with Crippen molar-refractivity contribution in [2.24, 2.45) is 0 Å². The fourth-order valence-electron chi connectivity index (χ4n) is 1.80. The van der Waals surface area contributed by atoms with E-state index >= 15 is 0 Å². The molecule has 0 spiro atoms. The first-order chi connectivity index (χ1) is 8.76. The number of nitrogens with zero attached hydrogens (tertiary/aromatic N) is 2. The number of carbonyl (C=O) groups is 1. The van der Waals surface area contributed by atoms with Crippen molar-refractivity contribution in [3.05, 3.63) is 11.8 Å². The Bertz CT molecular complexity index is 450. The van der Waals surface area contributed by atoms with Gasteiger partial charge in [0.05, 0.1) is 17.8 Å². The van der Waals surface area contributed by atoms with E-state index in [2.05, 4.69) is 10.4 Å². The van der Waals surface area contributed by atoms with E-state index in [1.165, 1.54) is 0 Å². The molecule has 1 aliphatic carbocycles. The molecule has 1 fully saturated rings. The second-order valence-electron chi connectivity index (χ2n) is 5.93. The van der Waals surface area contributed by atoms with E-state index in [4.69, 9.17) is 4.74 Å². The molecule has 1 aromatic rings. The Morgan fingerprint density at radius 2 is 2.21 bits per heavy atom. The molecule has 6 heteroatoms. The highest BCUT2D eigenvalue weighted by molar-refractivity contribution is 5.83. The van der Waals surface area contributed by atoms with Gasteiger partial charge in [-0.05, 0) is 40.5 Å².